The van der Waals surface area contributed by atoms with Gasteiger partial charge >= 0.3 is 5.56 Å². The Labute approximate surface area is 114 Å². The van der Waals surface area contributed by atoms with E-state index >= 15 is 0 Å². The van der Waals surface area contributed by atoms with Gasteiger partial charge < -0.3 is 4.84 Å². The van der Waals surface area contributed by atoms with Gasteiger partial charge in [0, 0.05) is 0 Å². The van der Waals surface area contributed by atoms with E-state index in [1.807, 2.05) is 30.3 Å². The average molecular weight is 285 g/mol. The molecule has 0 bridgehead atoms. The number of aryl methyl sites for hydroxylation is 1. The highest BCUT2D eigenvalue weighted by Gasteiger charge is 2.12. The first kappa shape index (κ1) is 12.9. The lowest BCUT2D eigenvalue weighted by Crippen LogP contribution is -2.30. The maximum atomic E-state index is 11.7. The molecule has 6 heteroatoms. The molecule has 0 spiro atoms. The van der Waals surface area contributed by atoms with Gasteiger partial charge in [0.25, 0.3) is 0 Å². The number of aromatic nitrogens is 2. The largest absolute Gasteiger partial charge is 0.389 e. The second kappa shape index (κ2) is 5.42. The molecule has 0 unspecified atom stereocenters. The number of hydrogen-bond donors (Lipinski definition) is 0. The molecule has 94 valence electrons. The molecule has 18 heavy (non-hydrogen) atoms. The third kappa shape index (κ3) is 2.66. The van der Waals surface area contributed by atoms with Crippen LogP contribution in [0.1, 0.15) is 11.3 Å². The summed E-state index contributed by atoms with van der Waals surface area (Å²) in [5, 5.41) is 3.98. The maximum absolute atomic E-state index is 11.7. The van der Waals surface area contributed by atoms with Crippen molar-refractivity contribution in [2.75, 3.05) is 0 Å². The molecule has 0 fully saturated rings. The average Bonchev–Trinajstić information content (AvgIpc) is 2.40. The molecule has 2 aromatic rings. The van der Waals surface area contributed by atoms with E-state index in [4.69, 9.17) is 28.0 Å². The Balaban J connectivity index is 2.23. The van der Waals surface area contributed by atoms with Crippen molar-refractivity contribution >= 4 is 23.2 Å². The highest BCUT2D eigenvalue weighted by atomic mass is 35.5. The summed E-state index contributed by atoms with van der Waals surface area (Å²) in [6.45, 7) is 1.88. The summed E-state index contributed by atoms with van der Waals surface area (Å²) < 4.78 is 0. The summed E-state index contributed by atoms with van der Waals surface area (Å²) in [7, 11) is 0. The lowest BCUT2D eigenvalue weighted by molar-refractivity contribution is 0.0586. The third-order valence-corrected chi connectivity index (χ3v) is 3.22. The number of benzene rings is 1. The molecule has 0 aliphatic carbocycles. The Morgan fingerprint density at radius 1 is 1.22 bits per heavy atom. The second-order valence-electron chi connectivity index (χ2n) is 3.65. The lowest BCUT2D eigenvalue weighted by Gasteiger charge is -2.09. The molecule has 0 aliphatic rings. The van der Waals surface area contributed by atoms with Crippen molar-refractivity contribution in [2.45, 2.75) is 13.5 Å². The van der Waals surface area contributed by atoms with Gasteiger partial charge in [0.2, 0.25) is 0 Å². The summed E-state index contributed by atoms with van der Waals surface area (Å²) in [6.07, 6.45) is 0. The molecule has 0 saturated carbocycles. The molecule has 0 amide bonds. The van der Waals surface area contributed by atoms with Crippen LogP contribution in [-0.2, 0) is 6.61 Å². The van der Waals surface area contributed by atoms with Crippen LogP contribution in [0.5, 0.6) is 0 Å². The van der Waals surface area contributed by atoms with E-state index < -0.39 is 5.56 Å². The predicted molar refractivity (Wildman–Crippen MR) is 70.0 cm³/mol. The first-order valence-electron chi connectivity index (χ1n) is 5.21. The Hall–Kier alpha value is -1.52. The van der Waals surface area contributed by atoms with Crippen LogP contribution in [0.3, 0.4) is 0 Å². The van der Waals surface area contributed by atoms with Gasteiger partial charge in [-0.2, -0.15) is 0 Å². The first-order valence-corrected chi connectivity index (χ1v) is 5.97. The van der Waals surface area contributed by atoms with Crippen molar-refractivity contribution < 1.29 is 4.84 Å². The van der Waals surface area contributed by atoms with E-state index in [1.165, 1.54) is 0 Å². The Morgan fingerprint density at radius 2 is 1.89 bits per heavy atom. The third-order valence-electron chi connectivity index (χ3n) is 2.31. The highest BCUT2D eigenvalue weighted by Crippen LogP contribution is 2.19. The van der Waals surface area contributed by atoms with Crippen LogP contribution >= 0.6 is 23.2 Å². The lowest BCUT2D eigenvalue weighted by atomic mass is 10.2. The molecule has 0 saturated heterocycles. The Bertz CT molecular complexity index is 611. The monoisotopic (exact) mass is 284 g/mol. The van der Waals surface area contributed by atoms with Crippen molar-refractivity contribution in [1.29, 1.82) is 0 Å². The Morgan fingerprint density at radius 3 is 2.56 bits per heavy atom. The number of rotatable bonds is 3. The standard InChI is InChI=1S/C12H10Cl2N2O2/c1-8-10(13)11(14)12(17)16(15-8)18-7-9-5-3-2-4-6-9/h2-6H,7H2,1H3. The van der Waals surface area contributed by atoms with Gasteiger partial charge in [-0.15, -0.1) is 5.10 Å². The van der Waals surface area contributed by atoms with Crippen LogP contribution in [0, 0.1) is 6.92 Å². The molecule has 1 aromatic carbocycles. The van der Waals surface area contributed by atoms with E-state index in [1.54, 1.807) is 6.92 Å². The molecular formula is C12H10Cl2N2O2. The van der Waals surface area contributed by atoms with E-state index in [0.29, 0.717) is 5.69 Å². The zero-order valence-corrected chi connectivity index (χ0v) is 11.1. The highest BCUT2D eigenvalue weighted by molar-refractivity contribution is 6.42. The predicted octanol–water partition coefficient (Wildman–Crippen LogP) is 2.49. The summed E-state index contributed by atoms with van der Waals surface area (Å²) in [5.74, 6) is 0. The van der Waals surface area contributed by atoms with Gasteiger partial charge in [-0.3, -0.25) is 4.79 Å². The van der Waals surface area contributed by atoms with E-state index in [-0.39, 0.29) is 16.7 Å². The smallest absolute Gasteiger partial charge is 0.323 e. The van der Waals surface area contributed by atoms with Crippen molar-refractivity contribution in [1.82, 2.24) is 9.94 Å². The van der Waals surface area contributed by atoms with E-state index in [2.05, 4.69) is 5.10 Å². The van der Waals surface area contributed by atoms with Gasteiger partial charge in [0.05, 0.1) is 10.7 Å². The summed E-state index contributed by atoms with van der Waals surface area (Å²) in [5.41, 5.74) is 0.799. The van der Waals surface area contributed by atoms with E-state index in [0.717, 1.165) is 10.4 Å². The molecule has 0 atom stereocenters. The van der Waals surface area contributed by atoms with Crippen LogP contribution in [0.25, 0.3) is 0 Å². The molecule has 0 N–H and O–H groups in total. The fraction of sp³-hybridized carbons (Fsp3) is 0.167. The minimum atomic E-state index is -0.566. The van der Waals surface area contributed by atoms with E-state index in [9.17, 15) is 4.79 Å². The van der Waals surface area contributed by atoms with Crippen LogP contribution in [0.2, 0.25) is 10.0 Å². The van der Waals surface area contributed by atoms with Crippen molar-refractivity contribution in [2.24, 2.45) is 0 Å². The quantitative estimate of drug-likeness (QED) is 0.870. The Kier molecular flexibility index (Phi) is 3.89. The summed E-state index contributed by atoms with van der Waals surface area (Å²) >= 11 is 11.6. The van der Waals surface area contributed by atoms with Gasteiger partial charge in [0.1, 0.15) is 11.6 Å². The normalized spacial score (nSPS) is 10.4. The molecule has 0 radical (unpaired) electrons. The topological polar surface area (TPSA) is 44.1 Å². The summed E-state index contributed by atoms with van der Waals surface area (Å²) in [4.78, 5) is 17.9. The minimum absolute atomic E-state index is 0.0859. The van der Waals surface area contributed by atoms with Gasteiger partial charge in [-0.05, 0) is 12.5 Å². The second-order valence-corrected chi connectivity index (χ2v) is 4.41. The van der Waals surface area contributed by atoms with Gasteiger partial charge in [-0.1, -0.05) is 58.4 Å². The minimum Gasteiger partial charge on any atom is -0.389 e. The first-order chi connectivity index (χ1) is 8.59. The zero-order valence-electron chi connectivity index (χ0n) is 9.56. The SMILES string of the molecule is Cc1nn(OCc2ccccc2)c(=O)c(Cl)c1Cl. The maximum Gasteiger partial charge on any atom is 0.323 e. The molecule has 1 heterocycles. The molecule has 4 nitrogen and oxygen atoms in total. The number of hydrogen-bond acceptors (Lipinski definition) is 3. The molecular weight excluding hydrogens is 275 g/mol. The van der Waals surface area contributed by atoms with Crippen LogP contribution in [-0.4, -0.2) is 9.94 Å². The molecule has 2 rings (SSSR count). The fourth-order valence-electron chi connectivity index (χ4n) is 1.36. The van der Waals surface area contributed by atoms with Crippen molar-refractivity contribution in [3.63, 3.8) is 0 Å². The van der Waals surface area contributed by atoms with Crippen LogP contribution in [0.4, 0.5) is 0 Å². The fourth-order valence-corrected chi connectivity index (χ4v) is 1.69. The number of halogens is 2. The van der Waals surface area contributed by atoms with Crippen LogP contribution < -0.4 is 10.4 Å². The van der Waals surface area contributed by atoms with Crippen molar-refractivity contribution in [3.8, 4) is 0 Å². The van der Waals surface area contributed by atoms with Gasteiger partial charge in [-0.25, -0.2) is 0 Å². The number of nitrogens with zero attached hydrogens (tertiary/aromatic N) is 2. The summed E-state index contributed by atoms with van der Waals surface area (Å²) in [6, 6.07) is 9.44. The zero-order chi connectivity index (χ0) is 13.1. The van der Waals surface area contributed by atoms with Gasteiger partial charge in [0.15, 0.2) is 0 Å². The molecule has 1 aromatic heterocycles. The van der Waals surface area contributed by atoms with Crippen LogP contribution in [0.15, 0.2) is 35.1 Å². The van der Waals surface area contributed by atoms with Crippen molar-refractivity contribution in [3.05, 3.63) is 62.0 Å². The molecule has 0 aliphatic heterocycles.